The molecule has 4 nitrogen and oxygen atoms in total. The van der Waals surface area contributed by atoms with Gasteiger partial charge >= 0.3 is 6.18 Å². The molecule has 3 N–H and O–H groups in total. The van der Waals surface area contributed by atoms with Gasteiger partial charge in [-0.15, -0.1) is 0 Å². The molecular formula is C13H16F3N3O. The molecule has 110 valence electrons. The predicted octanol–water partition coefficient (Wildman–Crippen LogP) is 1.76. The second kappa shape index (κ2) is 5.41. The Morgan fingerprint density at radius 2 is 1.85 bits per heavy atom. The molecule has 20 heavy (non-hydrogen) atoms. The van der Waals surface area contributed by atoms with E-state index in [0.717, 1.165) is 11.1 Å². The molecule has 1 aliphatic rings. The molecule has 1 heterocycles. The van der Waals surface area contributed by atoms with Crippen molar-refractivity contribution in [2.75, 3.05) is 0 Å². The highest BCUT2D eigenvalue weighted by Crippen LogP contribution is 2.36. The van der Waals surface area contributed by atoms with Gasteiger partial charge < -0.3 is 5.32 Å². The number of alkyl halides is 3. The molecule has 0 unspecified atom stereocenters. The molecule has 0 aromatic heterocycles. The summed E-state index contributed by atoms with van der Waals surface area (Å²) >= 11 is 0. The average Bonchev–Trinajstić information content (AvgIpc) is 3.16. The van der Waals surface area contributed by atoms with Crippen LogP contribution < -0.4 is 16.2 Å². The first kappa shape index (κ1) is 14.8. The van der Waals surface area contributed by atoms with Crippen molar-refractivity contribution in [2.24, 2.45) is 0 Å². The lowest BCUT2D eigenvalue weighted by Gasteiger charge is -2.15. The first-order valence-electron chi connectivity index (χ1n) is 6.26. The SMILES string of the molecule is Cc1ccc(CNC(=O)CCC2(C(F)(F)F)NN2)cc1. The maximum absolute atomic E-state index is 12.6. The Labute approximate surface area is 114 Å². The van der Waals surface area contributed by atoms with Crippen molar-refractivity contribution in [1.82, 2.24) is 16.2 Å². The Morgan fingerprint density at radius 3 is 2.35 bits per heavy atom. The molecule has 1 amide bonds. The first-order valence-corrected chi connectivity index (χ1v) is 6.26. The molecule has 0 radical (unpaired) electrons. The molecule has 1 aliphatic heterocycles. The third-order valence-electron chi connectivity index (χ3n) is 3.25. The van der Waals surface area contributed by atoms with Crippen molar-refractivity contribution in [2.45, 2.75) is 38.1 Å². The van der Waals surface area contributed by atoms with E-state index >= 15 is 0 Å². The van der Waals surface area contributed by atoms with Gasteiger partial charge in [-0.2, -0.15) is 13.2 Å². The number of halogens is 3. The van der Waals surface area contributed by atoms with Crippen LogP contribution in [0.5, 0.6) is 0 Å². The molecule has 0 bridgehead atoms. The van der Waals surface area contributed by atoms with E-state index in [1.165, 1.54) is 0 Å². The molecule has 0 spiro atoms. The molecule has 2 rings (SSSR count). The molecule has 7 heteroatoms. The average molecular weight is 287 g/mol. The van der Waals surface area contributed by atoms with Gasteiger partial charge in [0.1, 0.15) is 0 Å². The maximum Gasteiger partial charge on any atom is 0.422 e. The number of hydrazine groups is 1. The van der Waals surface area contributed by atoms with E-state index in [0.29, 0.717) is 6.54 Å². The van der Waals surface area contributed by atoms with Gasteiger partial charge in [-0.05, 0) is 18.9 Å². The van der Waals surface area contributed by atoms with Crippen LogP contribution in [-0.4, -0.2) is 17.7 Å². The summed E-state index contributed by atoms with van der Waals surface area (Å²) in [6, 6.07) is 7.57. The van der Waals surface area contributed by atoms with Crippen LogP contribution in [0.2, 0.25) is 0 Å². The van der Waals surface area contributed by atoms with E-state index in [4.69, 9.17) is 0 Å². The van der Waals surface area contributed by atoms with Gasteiger partial charge in [-0.3, -0.25) is 4.79 Å². The number of rotatable bonds is 5. The van der Waals surface area contributed by atoms with Crippen LogP contribution in [0.1, 0.15) is 24.0 Å². The normalized spacial score (nSPS) is 16.8. The summed E-state index contributed by atoms with van der Waals surface area (Å²) in [5.41, 5.74) is 4.07. The largest absolute Gasteiger partial charge is 0.422 e. The van der Waals surface area contributed by atoms with Crippen molar-refractivity contribution in [3.63, 3.8) is 0 Å². The highest BCUT2D eigenvalue weighted by atomic mass is 19.4. The lowest BCUT2D eigenvalue weighted by atomic mass is 10.1. The van der Waals surface area contributed by atoms with Gasteiger partial charge in [0.15, 0.2) is 5.66 Å². The van der Waals surface area contributed by atoms with Crippen molar-refractivity contribution in [3.05, 3.63) is 35.4 Å². The molecule has 1 fully saturated rings. The third kappa shape index (κ3) is 3.49. The van der Waals surface area contributed by atoms with Gasteiger partial charge in [0, 0.05) is 13.0 Å². The Kier molecular flexibility index (Phi) is 4.01. The zero-order valence-electron chi connectivity index (χ0n) is 11.0. The van der Waals surface area contributed by atoms with Crippen LogP contribution in [0.15, 0.2) is 24.3 Å². The van der Waals surface area contributed by atoms with E-state index in [2.05, 4.69) is 16.2 Å². The van der Waals surface area contributed by atoms with Crippen LogP contribution in [-0.2, 0) is 11.3 Å². The molecule has 1 aromatic rings. The summed E-state index contributed by atoms with van der Waals surface area (Å²) in [6.45, 7) is 2.27. The topological polar surface area (TPSA) is 73.0 Å². The smallest absolute Gasteiger partial charge is 0.352 e. The minimum Gasteiger partial charge on any atom is -0.352 e. The Balaban J connectivity index is 1.75. The summed E-state index contributed by atoms with van der Waals surface area (Å²) in [5, 5.41) is 2.61. The Hall–Kier alpha value is -1.60. The predicted molar refractivity (Wildman–Crippen MR) is 67.3 cm³/mol. The van der Waals surface area contributed by atoms with Crippen molar-refractivity contribution >= 4 is 5.91 Å². The first-order chi connectivity index (χ1) is 9.32. The highest BCUT2D eigenvalue weighted by molar-refractivity contribution is 5.76. The van der Waals surface area contributed by atoms with E-state index in [9.17, 15) is 18.0 Å². The van der Waals surface area contributed by atoms with Gasteiger partial charge in [0.25, 0.3) is 0 Å². The quantitative estimate of drug-likeness (QED) is 0.722. The van der Waals surface area contributed by atoms with Crippen molar-refractivity contribution in [1.29, 1.82) is 0 Å². The highest BCUT2D eigenvalue weighted by Gasteiger charge is 2.63. The van der Waals surface area contributed by atoms with Crippen LogP contribution in [0.3, 0.4) is 0 Å². The second-order valence-electron chi connectivity index (χ2n) is 4.92. The monoisotopic (exact) mass is 287 g/mol. The fourth-order valence-corrected chi connectivity index (χ4v) is 1.78. The van der Waals surface area contributed by atoms with Gasteiger partial charge in [0.05, 0.1) is 0 Å². The number of benzene rings is 1. The lowest BCUT2D eigenvalue weighted by Crippen LogP contribution is -2.38. The third-order valence-corrected chi connectivity index (χ3v) is 3.25. The van der Waals surface area contributed by atoms with Crippen LogP contribution >= 0.6 is 0 Å². The van der Waals surface area contributed by atoms with Gasteiger partial charge in [-0.1, -0.05) is 29.8 Å². The minimum absolute atomic E-state index is 0.189. The van der Waals surface area contributed by atoms with Gasteiger partial charge in [-0.25, -0.2) is 10.9 Å². The summed E-state index contributed by atoms with van der Waals surface area (Å²) in [6.07, 6.45) is -4.91. The number of nitrogens with one attached hydrogen (secondary N) is 3. The van der Waals surface area contributed by atoms with E-state index in [1.54, 1.807) is 0 Å². The standard InChI is InChI=1S/C13H16F3N3O/c1-9-2-4-10(5-3-9)8-17-11(20)6-7-12(18-19-12)13(14,15)16/h2-5,18-19H,6-8H2,1H3,(H,17,20). The second-order valence-corrected chi connectivity index (χ2v) is 4.92. The number of aryl methyl sites for hydroxylation is 1. The lowest BCUT2D eigenvalue weighted by molar-refractivity contribution is -0.165. The molecule has 0 atom stereocenters. The molecule has 1 saturated heterocycles. The van der Waals surface area contributed by atoms with Crippen LogP contribution in [0, 0.1) is 6.92 Å². The zero-order valence-corrected chi connectivity index (χ0v) is 11.0. The zero-order chi connectivity index (χ0) is 14.8. The molecule has 0 saturated carbocycles. The number of hydrogen-bond donors (Lipinski definition) is 3. The van der Waals surface area contributed by atoms with Gasteiger partial charge in [0.2, 0.25) is 5.91 Å². The Morgan fingerprint density at radius 1 is 1.25 bits per heavy atom. The molecular weight excluding hydrogens is 271 g/mol. The van der Waals surface area contributed by atoms with Crippen LogP contribution in [0.25, 0.3) is 0 Å². The fraction of sp³-hybridized carbons (Fsp3) is 0.462. The number of carbonyl (C=O) groups excluding carboxylic acids is 1. The summed E-state index contributed by atoms with van der Waals surface area (Å²) in [4.78, 5) is 11.6. The fourth-order valence-electron chi connectivity index (χ4n) is 1.78. The Bertz CT molecular complexity index is 481. The molecule has 0 aliphatic carbocycles. The summed E-state index contributed by atoms with van der Waals surface area (Å²) < 4.78 is 37.7. The van der Waals surface area contributed by atoms with E-state index < -0.39 is 17.7 Å². The van der Waals surface area contributed by atoms with Crippen molar-refractivity contribution < 1.29 is 18.0 Å². The number of hydrogen-bond acceptors (Lipinski definition) is 3. The minimum atomic E-state index is -4.40. The summed E-state index contributed by atoms with van der Waals surface area (Å²) in [5.74, 6) is -0.398. The number of amides is 1. The number of carbonyl (C=O) groups is 1. The maximum atomic E-state index is 12.6. The van der Waals surface area contributed by atoms with E-state index in [1.807, 2.05) is 31.2 Å². The van der Waals surface area contributed by atoms with Crippen LogP contribution in [0.4, 0.5) is 13.2 Å². The van der Waals surface area contributed by atoms with E-state index in [-0.39, 0.29) is 12.8 Å². The molecule has 1 aromatic carbocycles. The summed E-state index contributed by atoms with van der Waals surface area (Å²) in [7, 11) is 0. The van der Waals surface area contributed by atoms with Crippen molar-refractivity contribution in [3.8, 4) is 0 Å².